The number of unbranched alkanes of at least 4 members (excludes halogenated alkanes) is 1. The van der Waals surface area contributed by atoms with Gasteiger partial charge in [0, 0.05) is 94.5 Å². The third kappa shape index (κ3) is 26.3. The molecule has 6 rings (SSSR count). The number of nitrogens with zero attached hydrogens (tertiary/aromatic N) is 4. The first-order valence-electron chi connectivity index (χ1n) is 32.1. The first-order chi connectivity index (χ1) is 47.2. The Kier molecular flexibility index (Phi) is 31.6. The van der Waals surface area contributed by atoms with E-state index in [0.717, 1.165) is 13.8 Å². The molecule has 1 aromatic heterocycles. The average molecular weight is 1420 g/mol. The van der Waals surface area contributed by atoms with Gasteiger partial charge in [0.1, 0.15) is 42.0 Å². The zero-order valence-corrected chi connectivity index (χ0v) is 56.3. The Hall–Kier alpha value is -8.94. The molecular formula is C64H88N14O19S2. The molecule has 3 aromatic carbocycles. The zero-order chi connectivity index (χ0) is 72.3. The van der Waals surface area contributed by atoms with E-state index in [-0.39, 0.29) is 96.8 Å². The van der Waals surface area contributed by atoms with Gasteiger partial charge in [-0.25, -0.2) is 4.79 Å². The molecule has 6 unspecified atom stereocenters. The van der Waals surface area contributed by atoms with Gasteiger partial charge in [-0.15, -0.1) is 0 Å². The van der Waals surface area contributed by atoms with Crippen LogP contribution in [0.3, 0.4) is 0 Å². The highest BCUT2D eigenvalue weighted by atomic mass is 33.1. The van der Waals surface area contributed by atoms with Crippen molar-refractivity contribution in [2.45, 2.75) is 112 Å². The van der Waals surface area contributed by atoms with Crippen LogP contribution in [0.1, 0.15) is 49.8 Å². The number of benzene rings is 3. The Balaban J connectivity index is 1.42. The molecular weight excluding hydrogens is 1330 g/mol. The molecule has 0 saturated carbocycles. The summed E-state index contributed by atoms with van der Waals surface area (Å²) in [4.78, 5) is 176. The predicted octanol–water partition coefficient (Wildman–Crippen LogP) is -3.42. The summed E-state index contributed by atoms with van der Waals surface area (Å²) < 4.78 is 0. The third-order valence-corrected chi connectivity index (χ3v) is 18.8. The summed E-state index contributed by atoms with van der Waals surface area (Å²) in [6, 6.07) is 9.16. The van der Waals surface area contributed by atoms with Gasteiger partial charge in [0.25, 0.3) is 5.91 Å². The largest absolute Gasteiger partial charge is 0.508 e. The van der Waals surface area contributed by atoms with Gasteiger partial charge < -0.3 is 89.0 Å². The summed E-state index contributed by atoms with van der Waals surface area (Å²) in [5.41, 5.74) is 7.90. The molecule has 0 radical (unpaired) electrons. The number of aliphatic hydroxyl groups excluding tert-OH is 2. The normalized spacial score (nSPS) is 21.8. The second kappa shape index (κ2) is 39.6. The van der Waals surface area contributed by atoms with Crippen molar-refractivity contribution in [2.24, 2.45) is 5.73 Å². The van der Waals surface area contributed by atoms with E-state index in [1.807, 2.05) is 0 Å². The van der Waals surface area contributed by atoms with Crippen molar-refractivity contribution in [3.05, 3.63) is 102 Å². The van der Waals surface area contributed by atoms with Crippen molar-refractivity contribution in [1.29, 1.82) is 0 Å². The highest BCUT2D eigenvalue weighted by Gasteiger charge is 2.38. The van der Waals surface area contributed by atoms with Crippen LogP contribution >= 0.6 is 21.6 Å². The second-order valence-electron chi connectivity index (χ2n) is 24.1. The molecule has 2 aliphatic rings. The molecule has 2 fully saturated rings. The standard InChI is InChI=1S/C64H88N14O19S2/c1-37(79)54-61(94)71-49(60(93)73-55(38(2)80)64(96)97)36-98-99-63(74-59(92)46(28-39-10-4-3-5-11-39)67-50(82)32-75-20-22-76(33-51(83)84)24-26-78(35-53(87)88)27-25-77(23-21-75)34-52(85)86)62(95)70-47(29-40-15-17-42(81)18-16-40)57(90)69-48(30-41-31-66-44-13-7-6-12-43(41)44)58(91)68-45(56(89)72-54)14-8-9-19-65/h3-7,10-13,15-18,31,37-38,45-49,54-55,63,66,79-81H,8-9,14,19-30,32-36,65H2,1-2H3,(H,67,82)(H,68,91)(H,69,90)(H,70,95)(H,71,94)(H,72,89)(H,73,93)(H,74,92)(H,83,84)(H,85,86)(H,87,88)(H,96,97)/t37?,38-,45?,46+,47?,48+,49?,54?,55?,63+/m1/s1. The average Bonchev–Trinajstić information content (AvgIpc) is 1.73. The number of aliphatic hydroxyl groups is 2. The minimum absolute atomic E-state index is 0.0269. The molecule has 2 aliphatic heterocycles. The van der Waals surface area contributed by atoms with Crippen LogP contribution in [0, 0.1) is 0 Å². The van der Waals surface area contributed by atoms with Crippen molar-refractivity contribution < 1.29 is 93.3 Å². The number of carboxylic acid groups (broad SMARTS) is 4. The molecule has 99 heavy (non-hydrogen) atoms. The molecule has 8 amide bonds. The van der Waals surface area contributed by atoms with Crippen molar-refractivity contribution >= 4 is 104 Å². The number of phenolic OH excluding ortho intramolecular Hbond substituents is 1. The van der Waals surface area contributed by atoms with Gasteiger partial charge in [-0.3, -0.25) is 72.3 Å². The van der Waals surface area contributed by atoms with Gasteiger partial charge in [0.2, 0.25) is 41.4 Å². The number of aromatic hydroxyl groups is 1. The van der Waals surface area contributed by atoms with E-state index >= 15 is 14.4 Å². The number of H-pyrrole nitrogens is 1. The molecule has 3 heterocycles. The summed E-state index contributed by atoms with van der Waals surface area (Å²) in [5.74, 6) is -14.1. The summed E-state index contributed by atoms with van der Waals surface area (Å²) in [6.45, 7) is 1.20. The Morgan fingerprint density at radius 3 is 1.67 bits per heavy atom. The minimum atomic E-state index is -1.95. The summed E-state index contributed by atoms with van der Waals surface area (Å²) >= 11 is 0. The third-order valence-electron chi connectivity index (χ3n) is 16.3. The number of carbonyl (C=O) groups excluding carboxylic acids is 8. The molecule has 35 heteroatoms. The SMILES string of the molecule is CC(O)C1NC(=O)C(CCCCN)NC(=O)[C@H](Cc2c[nH]c3ccccc23)NC(=O)C(Cc2ccc(O)cc2)NC(=O)[C@@H](NC(=O)[C@H](Cc2ccccc2)NC(=O)CN2CCN(CC(=O)O)CCN(CC(=O)O)CCN(CC(=O)O)CC2)SSCC(C(=O)NC(C(=O)O)[C@@H](C)O)NC1=O. The fourth-order valence-corrected chi connectivity index (χ4v) is 13.3. The highest BCUT2D eigenvalue weighted by Crippen LogP contribution is 2.28. The van der Waals surface area contributed by atoms with E-state index in [1.54, 1.807) is 80.4 Å². The molecule has 4 aromatic rings. The quantitative estimate of drug-likeness (QED) is 0.0215. The van der Waals surface area contributed by atoms with Crippen LogP contribution in [-0.2, 0) is 76.8 Å². The second-order valence-corrected chi connectivity index (χ2v) is 26.6. The summed E-state index contributed by atoms with van der Waals surface area (Å²) in [5, 5.41) is 90.4. The lowest BCUT2D eigenvalue weighted by atomic mass is 10.0. The van der Waals surface area contributed by atoms with E-state index in [4.69, 9.17) is 5.73 Å². The van der Waals surface area contributed by atoms with Crippen LogP contribution in [0.25, 0.3) is 10.9 Å². The number of hydrogen-bond donors (Lipinski definition) is 17. The number of nitrogens with one attached hydrogen (secondary N) is 9. The molecule has 10 atom stereocenters. The van der Waals surface area contributed by atoms with E-state index in [1.165, 1.54) is 24.3 Å². The van der Waals surface area contributed by atoms with E-state index < -0.39 is 163 Å². The van der Waals surface area contributed by atoms with Crippen LogP contribution < -0.4 is 48.3 Å². The maximum Gasteiger partial charge on any atom is 0.328 e. The smallest absolute Gasteiger partial charge is 0.328 e. The molecule has 18 N–H and O–H groups in total. The Labute approximate surface area is 577 Å². The number of para-hydroxylation sites is 1. The number of fused-ring (bicyclic) bond motifs is 1. The van der Waals surface area contributed by atoms with Gasteiger partial charge in [-0.1, -0.05) is 82.3 Å². The van der Waals surface area contributed by atoms with Crippen molar-refractivity contribution in [2.75, 3.05) is 90.8 Å². The lowest BCUT2D eigenvalue weighted by Gasteiger charge is -2.33. The van der Waals surface area contributed by atoms with Crippen LogP contribution in [0.15, 0.2) is 85.1 Å². The van der Waals surface area contributed by atoms with E-state index in [9.17, 15) is 78.9 Å². The van der Waals surface area contributed by atoms with Crippen LogP contribution in [0.5, 0.6) is 5.75 Å². The molecule has 540 valence electrons. The topological polar surface area (TPSA) is 497 Å². The minimum Gasteiger partial charge on any atom is -0.508 e. The number of aromatic amines is 1. The van der Waals surface area contributed by atoms with E-state index in [2.05, 4.69) is 47.5 Å². The van der Waals surface area contributed by atoms with E-state index in [0.29, 0.717) is 55.6 Å². The number of carboxylic acids is 4. The summed E-state index contributed by atoms with van der Waals surface area (Å²) in [7, 11) is 1.20. The molecule has 0 spiro atoms. The lowest BCUT2D eigenvalue weighted by molar-refractivity contribution is -0.145. The molecule has 33 nitrogen and oxygen atoms in total. The van der Waals surface area contributed by atoms with Gasteiger partial charge >= 0.3 is 23.9 Å². The highest BCUT2D eigenvalue weighted by molar-refractivity contribution is 8.77. The maximum absolute atomic E-state index is 15.3. The van der Waals surface area contributed by atoms with Gasteiger partial charge in [0.15, 0.2) is 11.4 Å². The van der Waals surface area contributed by atoms with Crippen LogP contribution in [0.4, 0.5) is 0 Å². The lowest BCUT2D eigenvalue weighted by Crippen LogP contribution is -2.62. The van der Waals surface area contributed by atoms with Crippen molar-refractivity contribution in [3.63, 3.8) is 0 Å². The molecule has 2 saturated heterocycles. The monoisotopic (exact) mass is 1420 g/mol. The number of rotatable bonds is 26. The zero-order valence-electron chi connectivity index (χ0n) is 54.7. The summed E-state index contributed by atoms with van der Waals surface area (Å²) in [6.07, 6.45) is -2.06. The van der Waals surface area contributed by atoms with Crippen LogP contribution in [-0.4, -0.2) is 282 Å². The number of aromatic nitrogens is 1. The first-order valence-corrected chi connectivity index (χ1v) is 34.5. The fraction of sp³-hybridized carbons (Fsp3) is 0.500. The van der Waals surface area contributed by atoms with Crippen molar-refractivity contribution in [3.8, 4) is 5.75 Å². The number of aliphatic carboxylic acids is 4. The van der Waals surface area contributed by atoms with Gasteiger partial charge in [0.05, 0.1) is 38.4 Å². The Morgan fingerprint density at radius 1 is 0.596 bits per heavy atom. The Bertz CT molecular complexity index is 3390. The number of amides is 8. The van der Waals surface area contributed by atoms with Gasteiger partial charge in [-0.05, 0) is 74.5 Å². The maximum atomic E-state index is 15.3. The number of carbonyl (C=O) groups is 12. The van der Waals surface area contributed by atoms with Gasteiger partial charge in [-0.2, -0.15) is 0 Å². The number of hydrogen-bond acceptors (Lipinski definition) is 22. The molecule has 0 bridgehead atoms. The van der Waals surface area contributed by atoms with Crippen LogP contribution in [0.2, 0.25) is 0 Å². The molecule has 0 aliphatic carbocycles. The first kappa shape index (κ1) is 79.0. The Morgan fingerprint density at radius 2 is 1.12 bits per heavy atom. The predicted molar refractivity (Wildman–Crippen MR) is 362 cm³/mol. The number of nitrogens with two attached hydrogens (primary N) is 1. The number of phenols is 1. The van der Waals surface area contributed by atoms with Crippen molar-refractivity contribution in [1.82, 2.24) is 67.1 Å². The fourth-order valence-electron chi connectivity index (χ4n) is 10.9.